The lowest BCUT2D eigenvalue weighted by Gasteiger charge is -2.35. The summed E-state index contributed by atoms with van der Waals surface area (Å²) in [5, 5.41) is 11.5. The van der Waals surface area contributed by atoms with Crippen molar-refractivity contribution < 1.29 is 26.7 Å². The van der Waals surface area contributed by atoms with Crippen molar-refractivity contribution in [1.82, 2.24) is 25.5 Å². The predicted molar refractivity (Wildman–Crippen MR) is 133 cm³/mol. The molecule has 2 aromatic heterocycles. The summed E-state index contributed by atoms with van der Waals surface area (Å²) in [6.07, 6.45) is -2.43. The number of carbonyl (C=O) groups excluding carboxylic acids is 1. The second-order valence-electron chi connectivity index (χ2n) is 8.02. The molecule has 192 valence electrons. The van der Waals surface area contributed by atoms with Crippen LogP contribution in [-0.2, 0) is 22.6 Å². The Hall–Kier alpha value is -3.62. The Morgan fingerprint density at radius 1 is 0.973 bits per heavy atom. The number of hydrogen-bond donors (Lipinski definition) is 3. The average molecular weight is 628 g/mol. The quantitative estimate of drug-likeness (QED) is 0.138. The normalized spacial score (nSPS) is 13.1. The van der Waals surface area contributed by atoms with E-state index in [0.717, 1.165) is 23.8 Å². The lowest BCUT2D eigenvalue weighted by atomic mass is 9.81. The summed E-state index contributed by atoms with van der Waals surface area (Å²) in [6, 6.07) is 9.38. The van der Waals surface area contributed by atoms with E-state index in [9.17, 15) is 26.7 Å². The molecule has 3 N–H and O–H groups in total. The van der Waals surface area contributed by atoms with Crippen molar-refractivity contribution in [3.8, 4) is 0 Å². The molecule has 0 bridgehead atoms. The molecule has 0 aliphatic carbocycles. The van der Waals surface area contributed by atoms with Crippen LogP contribution in [0, 0.1) is 11.6 Å². The summed E-state index contributed by atoms with van der Waals surface area (Å²) in [5.41, 5.74) is -2.30. The molecule has 0 spiro atoms. The summed E-state index contributed by atoms with van der Waals surface area (Å²) in [4.78, 5) is 21.6. The second-order valence-corrected chi connectivity index (χ2v) is 8.78. The highest BCUT2D eigenvalue weighted by Crippen LogP contribution is 2.37. The topological polar surface area (TPSA) is 95.6 Å². The first kappa shape index (κ1) is 26.4. The van der Waals surface area contributed by atoms with Crippen molar-refractivity contribution in [3.63, 3.8) is 0 Å². The molecule has 0 aliphatic rings. The third-order valence-corrected chi connectivity index (χ3v) is 6.32. The van der Waals surface area contributed by atoms with E-state index in [2.05, 4.69) is 53.4 Å². The van der Waals surface area contributed by atoms with Crippen LogP contribution in [0.25, 0.3) is 0 Å². The van der Waals surface area contributed by atoms with E-state index in [1.54, 1.807) is 6.07 Å². The number of benzene rings is 2. The lowest BCUT2D eigenvalue weighted by Crippen LogP contribution is -2.51. The molecule has 2 amide bonds. The Morgan fingerprint density at radius 2 is 1.76 bits per heavy atom. The number of carbonyl (C=O) groups is 1. The van der Waals surface area contributed by atoms with Crippen molar-refractivity contribution in [2.24, 2.45) is 0 Å². The van der Waals surface area contributed by atoms with Gasteiger partial charge < -0.3 is 10.6 Å². The zero-order chi connectivity index (χ0) is 26.6. The number of urea groups is 1. The van der Waals surface area contributed by atoms with Gasteiger partial charge in [0, 0.05) is 22.7 Å². The highest BCUT2D eigenvalue weighted by molar-refractivity contribution is 14.1. The SMILES string of the molecule is O=C(Nc1cccc(F)c1)N[C@@](Cc1ncn[nH]1)(c1cc(F)cc(C(F)(F)F)c1)c1ccc(CI)cn1. The molecule has 0 unspecified atom stereocenters. The first-order chi connectivity index (χ1) is 17.6. The van der Waals surface area contributed by atoms with E-state index in [-0.39, 0.29) is 29.2 Å². The number of alkyl halides is 4. The van der Waals surface area contributed by atoms with E-state index in [4.69, 9.17) is 0 Å². The maximum absolute atomic E-state index is 14.6. The number of anilines is 1. The minimum absolute atomic E-state index is 0.0921. The molecule has 0 saturated heterocycles. The molecule has 0 saturated carbocycles. The van der Waals surface area contributed by atoms with Gasteiger partial charge in [-0.1, -0.05) is 34.7 Å². The number of aromatic amines is 1. The Kier molecular flexibility index (Phi) is 7.71. The van der Waals surface area contributed by atoms with E-state index >= 15 is 0 Å². The molecule has 2 heterocycles. The van der Waals surface area contributed by atoms with Gasteiger partial charge >= 0.3 is 12.2 Å². The van der Waals surface area contributed by atoms with Crippen LogP contribution in [0.1, 0.15) is 28.2 Å². The maximum Gasteiger partial charge on any atom is 0.416 e. The van der Waals surface area contributed by atoms with Crippen molar-refractivity contribution in [2.45, 2.75) is 22.6 Å². The first-order valence-corrected chi connectivity index (χ1v) is 12.2. The molecular weight excluding hydrogens is 610 g/mol. The predicted octanol–water partition coefficient (Wildman–Crippen LogP) is 5.74. The smallest absolute Gasteiger partial charge is 0.322 e. The van der Waals surface area contributed by atoms with Crippen molar-refractivity contribution in [1.29, 1.82) is 0 Å². The van der Waals surface area contributed by atoms with Gasteiger partial charge in [0.05, 0.1) is 11.3 Å². The number of halogens is 6. The Bertz CT molecular complexity index is 1380. The summed E-state index contributed by atoms with van der Waals surface area (Å²) < 4.78 is 69.8. The number of nitrogens with one attached hydrogen (secondary N) is 3. The minimum atomic E-state index is -4.86. The van der Waals surface area contributed by atoms with Crippen LogP contribution in [-0.4, -0.2) is 26.2 Å². The Balaban J connectivity index is 1.90. The fraction of sp³-hybridized carbons (Fsp3) is 0.167. The van der Waals surface area contributed by atoms with Crippen LogP contribution in [0.2, 0.25) is 0 Å². The van der Waals surface area contributed by atoms with Gasteiger partial charge in [-0.05, 0) is 53.6 Å². The highest BCUT2D eigenvalue weighted by atomic mass is 127. The standard InChI is InChI=1S/C24H18F5IN6O/c25-17-2-1-3-19(9-17)34-22(37)35-23(10-21-32-13-33-36-21,20-5-4-14(11-30)12-31-20)15-6-16(24(27,28)29)8-18(26)7-15/h1-9,12-13H,10-11H2,(H,32,33,36)(H2,34,35,37)/t23-/m0/s1. The second kappa shape index (κ2) is 10.8. The van der Waals surface area contributed by atoms with Crippen LogP contribution in [0.3, 0.4) is 0 Å². The molecule has 4 aromatic rings. The van der Waals surface area contributed by atoms with Crippen molar-refractivity contribution in [3.05, 3.63) is 107 Å². The van der Waals surface area contributed by atoms with Gasteiger partial charge in [0.1, 0.15) is 29.3 Å². The molecule has 13 heteroatoms. The molecule has 4 rings (SSSR count). The third-order valence-electron chi connectivity index (χ3n) is 5.44. The number of nitrogens with zero attached hydrogens (tertiary/aromatic N) is 3. The van der Waals surface area contributed by atoms with Gasteiger partial charge in [-0.2, -0.15) is 18.3 Å². The number of hydrogen-bond acceptors (Lipinski definition) is 4. The maximum atomic E-state index is 14.6. The molecule has 1 atom stereocenters. The zero-order valence-corrected chi connectivity index (χ0v) is 20.9. The molecule has 0 radical (unpaired) electrons. The molecule has 0 aliphatic heterocycles. The number of aromatic nitrogens is 4. The Morgan fingerprint density at radius 3 is 2.38 bits per heavy atom. The number of rotatable bonds is 7. The van der Waals surface area contributed by atoms with Crippen LogP contribution < -0.4 is 10.6 Å². The third kappa shape index (κ3) is 6.21. The summed E-state index contributed by atoms with van der Waals surface area (Å²) in [7, 11) is 0. The van der Waals surface area contributed by atoms with Gasteiger partial charge in [0.25, 0.3) is 0 Å². The number of pyridine rings is 1. The van der Waals surface area contributed by atoms with Gasteiger partial charge in [-0.15, -0.1) is 0 Å². The monoisotopic (exact) mass is 628 g/mol. The van der Waals surface area contributed by atoms with E-state index in [0.29, 0.717) is 10.5 Å². The van der Waals surface area contributed by atoms with Crippen LogP contribution in [0.4, 0.5) is 32.4 Å². The fourth-order valence-electron chi connectivity index (χ4n) is 3.77. The van der Waals surface area contributed by atoms with E-state index in [1.807, 2.05) is 0 Å². The largest absolute Gasteiger partial charge is 0.416 e. The molecule has 7 nitrogen and oxygen atoms in total. The van der Waals surface area contributed by atoms with Gasteiger partial charge in [-0.25, -0.2) is 18.6 Å². The van der Waals surface area contributed by atoms with Crippen molar-refractivity contribution in [2.75, 3.05) is 5.32 Å². The number of amides is 2. The fourth-order valence-corrected chi connectivity index (χ4v) is 4.22. The lowest BCUT2D eigenvalue weighted by molar-refractivity contribution is -0.137. The molecule has 2 aromatic carbocycles. The molecule has 37 heavy (non-hydrogen) atoms. The van der Waals surface area contributed by atoms with Crippen LogP contribution >= 0.6 is 22.6 Å². The highest BCUT2D eigenvalue weighted by Gasteiger charge is 2.41. The minimum Gasteiger partial charge on any atom is -0.322 e. The molecule has 0 fully saturated rings. The van der Waals surface area contributed by atoms with E-state index in [1.165, 1.54) is 36.8 Å². The van der Waals surface area contributed by atoms with Gasteiger partial charge in [-0.3, -0.25) is 10.1 Å². The van der Waals surface area contributed by atoms with E-state index < -0.39 is 34.9 Å². The molecular formula is C24H18F5IN6O. The van der Waals surface area contributed by atoms with Crippen LogP contribution in [0.5, 0.6) is 0 Å². The first-order valence-electron chi connectivity index (χ1n) is 10.7. The van der Waals surface area contributed by atoms with Crippen LogP contribution in [0.15, 0.2) is 67.1 Å². The summed E-state index contributed by atoms with van der Waals surface area (Å²) in [5.74, 6) is -1.59. The summed E-state index contributed by atoms with van der Waals surface area (Å²) >= 11 is 2.12. The van der Waals surface area contributed by atoms with Gasteiger partial charge in [0.15, 0.2) is 0 Å². The van der Waals surface area contributed by atoms with Crippen molar-refractivity contribution >= 4 is 34.3 Å². The van der Waals surface area contributed by atoms with Gasteiger partial charge in [0.2, 0.25) is 0 Å². The summed E-state index contributed by atoms with van der Waals surface area (Å²) in [6.45, 7) is 0. The number of H-pyrrole nitrogens is 1. The zero-order valence-electron chi connectivity index (χ0n) is 18.8. The Labute approximate surface area is 221 Å². The average Bonchev–Trinajstić information content (AvgIpc) is 3.35.